The molecule has 0 bridgehead atoms. The van der Waals surface area contributed by atoms with E-state index < -0.39 is 10.0 Å². The van der Waals surface area contributed by atoms with Crippen LogP contribution in [-0.4, -0.2) is 58.7 Å². The minimum atomic E-state index is -3.66. The quantitative estimate of drug-likeness (QED) is 0.794. The Kier molecular flexibility index (Phi) is 8.76. The third-order valence-corrected chi connectivity index (χ3v) is 5.71. The molecule has 0 radical (unpaired) electrons. The first kappa shape index (κ1) is 21.5. The van der Waals surface area contributed by atoms with Gasteiger partial charge in [0.2, 0.25) is 10.0 Å². The summed E-state index contributed by atoms with van der Waals surface area (Å²) in [4.78, 5) is 0.106. The Hall–Kier alpha value is -0.570. The lowest BCUT2D eigenvalue weighted by Gasteiger charge is -2.23. The maximum Gasteiger partial charge on any atom is 0.246 e. The normalized spacial score (nSPS) is 17.6. The molecule has 6 nitrogen and oxygen atoms in total. The second-order valence-corrected chi connectivity index (χ2v) is 7.83. The first-order valence-corrected chi connectivity index (χ1v) is 9.43. The van der Waals surface area contributed by atoms with Gasteiger partial charge in [0.15, 0.2) is 0 Å². The number of ether oxygens (including phenoxy) is 2. The average molecular weight is 399 g/mol. The summed E-state index contributed by atoms with van der Waals surface area (Å²) < 4.78 is 38.2. The molecular formula is C15H24Cl2N2O4S. The molecule has 1 aromatic rings. The van der Waals surface area contributed by atoms with Crippen LogP contribution in [0, 0.1) is 0 Å². The third-order valence-electron chi connectivity index (χ3n) is 3.55. The average Bonchev–Trinajstić information content (AvgIpc) is 2.79. The number of sulfonamides is 1. The highest BCUT2D eigenvalue weighted by Gasteiger charge is 2.29. The van der Waals surface area contributed by atoms with Crippen LogP contribution >= 0.6 is 24.0 Å². The summed E-state index contributed by atoms with van der Waals surface area (Å²) in [6.07, 6.45) is 0.511. The van der Waals surface area contributed by atoms with E-state index in [2.05, 4.69) is 5.32 Å². The van der Waals surface area contributed by atoms with Gasteiger partial charge >= 0.3 is 0 Å². The van der Waals surface area contributed by atoms with E-state index in [1.807, 2.05) is 6.92 Å². The highest BCUT2D eigenvalue weighted by Crippen LogP contribution is 2.30. The fraction of sp³-hybridized carbons (Fsp3) is 0.600. The molecular weight excluding hydrogens is 375 g/mol. The summed E-state index contributed by atoms with van der Waals surface area (Å²) in [5, 5.41) is 3.56. The zero-order chi connectivity index (χ0) is 16.9. The van der Waals surface area contributed by atoms with Gasteiger partial charge in [0.1, 0.15) is 16.7 Å². The summed E-state index contributed by atoms with van der Waals surface area (Å²) in [5.41, 5.74) is 0. The fourth-order valence-electron chi connectivity index (χ4n) is 2.47. The van der Waals surface area contributed by atoms with Crippen LogP contribution in [0.1, 0.15) is 13.3 Å². The Morgan fingerprint density at radius 2 is 2.08 bits per heavy atom. The van der Waals surface area contributed by atoms with Crippen molar-refractivity contribution in [3.8, 4) is 5.75 Å². The van der Waals surface area contributed by atoms with Crippen molar-refractivity contribution in [2.24, 2.45) is 0 Å². The summed E-state index contributed by atoms with van der Waals surface area (Å²) in [7, 11) is -2.08. The zero-order valence-electron chi connectivity index (χ0n) is 13.8. The predicted molar refractivity (Wildman–Crippen MR) is 96.9 cm³/mol. The van der Waals surface area contributed by atoms with Crippen molar-refractivity contribution < 1.29 is 17.9 Å². The van der Waals surface area contributed by atoms with Gasteiger partial charge in [0, 0.05) is 31.8 Å². The number of rotatable bonds is 6. The van der Waals surface area contributed by atoms with Gasteiger partial charge in [0.05, 0.1) is 6.61 Å². The van der Waals surface area contributed by atoms with Crippen molar-refractivity contribution >= 4 is 34.0 Å². The molecule has 1 saturated heterocycles. The fourth-order valence-corrected chi connectivity index (χ4v) is 4.33. The van der Waals surface area contributed by atoms with Gasteiger partial charge in [-0.15, -0.1) is 12.4 Å². The molecule has 2 rings (SSSR count). The molecule has 0 aliphatic carbocycles. The van der Waals surface area contributed by atoms with Crippen molar-refractivity contribution in [3.63, 3.8) is 0 Å². The van der Waals surface area contributed by atoms with Crippen molar-refractivity contribution in [1.82, 2.24) is 9.62 Å². The molecule has 1 heterocycles. The van der Waals surface area contributed by atoms with Crippen LogP contribution in [-0.2, 0) is 14.8 Å². The number of hydrogen-bond acceptors (Lipinski definition) is 5. The van der Waals surface area contributed by atoms with E-state index in [1.54, 1.807) is 19.2 Å². The highest BCUT2D eigenvalue weighted by atomic mass is 35.5. The molecule has 9 heteroatoms. The van der Waals surface area contributed by atoms with E-state index in [-0.39, 0.29) is 23.4 Å². The lowest BCUT2D eigenvalue weighted by Crippen LogP contribution is -2.34. The Bertz CT molecular complexity index is 620. The molecule has 1 N–H and O–H groups in total. The monoisotopic (exact) mass is 398 g/mol. The minimum Gasteiger partial charge on any atom is -0.487 e. The Morgan fingerprint density at radius 1 is 1.33 bits per heavy atom. The van der Waals surface area contributed by atoms with E-state index in [9.17, 15) is 8.42 Å². The summed E-state index contributed by atoms with van der Waals surface area (Å²) in [6, 6.07) is 4.67. The summed E-state index contributed by atoms with van der Waals surface area (Å²) in [5.74, 6) is 0.302. The third kappa shape index (κ3) is 5.47. The standard InChI is InChI=1S/C15H23ClN2O4S.ClH/c1-12(11-21-2)22-14-5-4-13(16)10-15(14)23(19,20)18-8-3-6-17-7-9-18;/h4-5,10,12,17H,3,6-9,11H2,1-2H3;1H. The molecule has 1 unspecified atom stereocenters. The maximum absolute atomic E-state index is 13.0. The Labute approximate surface area is 154 Å². The van der Waals surface area contributed by atoms with Crippen LogP contribution < -0.4 is 10.1 Å². The van der Waals surface area contributed by atoms with Crippen LogP contribution in [0.2, 0.25) is 5.02 Å². The van der Waals surface area contributed by atoms with E-state index in [0.29, 0.717) is 37.0 Å². The predicted octanol–water partition coefficient (Wildman–Crippen LogP) is 2.16. The first-order chi connectivity index (χ1) is 10.9. The number of benzene rings is 1. The number of methoxy groups -OCH3 is 1. The SMILES string of the molecule is COCC(C)Oc1ccc(Cl)cc1S(=O)(=O)N1CCCNCC1.Cl. The van der Waals surface area contributed by atoms with Crippen LogP contribution in [0.3, 0.4) is 0 Å². The molecule has 1 atom stereocenters. The lowest BCUT2D eigenvalue weighted by atomic mass is 10.3. The number of hydrogen-bond donors (Lipinski definition) is 1. The number of nitrogens with one attached hydrogen (secondary N) is 1. The van der Waals surface area contributed by atoms with Crippen molar-refractivity contribution in [2.45, 2.75) is 24.3 Å². The van der Waals surface area contributed by atoms with Gasteiger partial charge in [0.25, 0.3) is 0 Å². The molecule has 0 aromatic heterocycles. The smallest absolute Gasteiger partial charge is 0.246 e. The van der Waals surface area contributed by atoms with Crippen LogP contribution in [0.5, 0.6) is 5.75 Å². The van der Waals surface area contributed by atoms with Gasteiger partial charge < -0.3 is 14.8 Å². The van der Waals surface area contributed by atoms with Crippen LogP contribution in [0.15, 0.2) is 23.1 Å². The van der Waals surface area contributed by atoms with Gasteiger partial charge in [-0.05, 0) is 38.1 Å². The van der Waals surface area contributed by atoms with Crippen LogP contribution in [0.25, 0.3) is 0 Å². The van der Waals surface area contributed by atoms with Gasteiger partial charge in [-0.1, -0.05) is 11.6 Å². The van der Waals surface area contributed by atoms with Gasteiger partial charge in [-0.25, -0.2) is 8.42 Å². The molecule has 1 aromatic carbocycles. The molecule has 24 heavy (non-hydrogen) atoms. The lowest BCUT2D eigenvalue weighted by molar-refractivity contribution is 0.0900. The zero-order valence-corrected chi connectivity index (χ0v) is 16.2. The van der Waals surface area contributed by atoms with E-state index in [4.69, 9.17) is 21.1 Å². The topological polar surface area (TPSA) is 67.9 Å². The highest BCUT2D eigenvalue weighted by molar-refractivity contribution is 7.89. The van der Waals surface area contributed by atoms with E-state index in [0.717, 1.165) is 13.0 Å². The second-order valence-electron chi connectivity index (χ2n) is 5.48. The van der Waals surface area contributed by atoms with E-state index >= 15 is 0 Å². The molecule has 1 fully saturated rings. The van der Waals surface area contributed by atoms with Crippen LogP contribution in [0.4, 0.5) is 0 Å². The molecule has 1 aliphatic heterocycles. The van der Waals surface area contributed by atoms with Crippen molar-refractivity contribution in [2.75, 3.05) is 39.9 Å². The minimum absolute atomic E-state index is 0. The molecule has 0 saturated carbocycles. The maximum atomic E-state index is 13.0. The number of nitrogens with zero attached hydrogens (tertiary/aromatic N) is 1. The first-order valence-electron chi connectivity index (χ1n) is 7.61. The summed E-state index contributed by atoms with van der Waals surface area (Å²) in [6.45, 7) is 4.56. The van der Waals surface area contributed by atoms with Gasteiger partial charge in [-0.2, -0.15) is 4.31 Å². The second kappa shape index (κ2) is 9.79. The van der Waals surface area contributed by atoms with Gasteiger partial charge in [-0.3, -0.25) is 0 Å². The molecule has 138 valence electrons. The largest absolute Gasteiger partial charge is 0.487 e. The Balaban J connectivity index is 0.00000288. The molecule has 1 aliphatic rings. The molecule has 0 amide bonds. The summed E-state index contributed by atoms with van der Waals surface area (Å²) >= 11 is 6.02. The van der Waals surface area contributed by atoms with E-state index in [1.165, 1.54) is 10.4 Å². The van der Waals surface area contributed by atoms with Crippen molar-refractivity contribution in [3.05, 3.63) is 23.2 Å². The number of halogens is 2. The Morgan fingerprint density at radius 3 is 2.79 bits per heavy atom. The molecule has 0 spiro atoms. The van der Waals surface area contributed by atoms with Crippen molar-refractivity contribution in [1.29, 1.82) is 0 Å².